The van der Waals surface area contributed by atoms with Gasteiger partial charge in [0.1, 0.15) is 4.83 Å². The topological polar surface area (TPSA) is 64.0 Å². The summed E-state index contributed by atoms with van der Waals surface area (Å²) in [6, 6.07) is 10.1. The summed E-state index contributed by atoms with van der Waals surface area (Å²) in [6.45, 7) is 3.95. The average molecular weight is 631 g/mol. The molecule has 2 aromatic heterocycles. The van der Waals surface area contributed by atoms with E-state index in [2.05, 4.69) is 28.2 Å². The molecule has 37 heavy (non-hydrogen) atoms. The zero-order chi connectivity index (χ0) is 26.9. The molecule has 1 amide bonds. The van der Waals surface area contributed by atoms with Crippen LogP contribution < -0.4 is 10.9 Å². The first-order valence-corrected chi connectivity index (χ1v) is 14.1. The normalized spacial score (nSPS) is 11.8. The number of alkyl halides is 3. The monoisotopic (exact) mass is 629 g/mol. The second-order valence-electron chi connectivity index (χ2n) is 8.12. The van der Waals surface area contributed by atoms with Gasteiger partial charge in [-0.2, -0.15) is 13.2 Å². The molecule has 0 aliphatic carbocycles. The van der Waals surface area contributed by atoms with Crippen molar-refractivity contribution in [3.8, 4) is 5.69 Å². The van der Waals surface area contributed by atoms with Gasteiger partial charge in [0, 0.05) is 14.4 Å². The van der Waals surface area contributed by atoms with Crippen molar-refractivity contribution in [2.75, 3.05) is 11.1 Å². The number of thiophene rings is 1. The fourth-order valence-electron chi connectivity index (χ4n) is 3.77. The molecule has 0 saturated heterocycles. The Bertz CT molecular complexity index is 1540. The van der Waals surface area contributed by atoms with Crippen molar-refractivity contribution in [2.45, 2.75) is 38.0 Å². The quantitative estimate of drug-likeness (QED) is 0.167. The predicted molar refractivity (Wildman–Crippen MR) is 147 cm³/mol. The number of amides is 1. The van der Waals surface area contributed by atoms with E-state index in [1.807, 2.05) is 6.92 Å². The molecule has 1 N–H and O–H groups in total. The second-order valence-corrected chi connectivity index (χ2v) is 11.5. The van der Waals surface area contributed by atoms with Crippen LogP contribution in [0.4, 0.5) is 18.9 Å². The van der Waals surface area contributed by atoms with Gasteiger partial charge in [0.15, 0.2) is 5.16 Å². The van der Waals surface area contributed by atoms with E-state index < -0.39 is 17.6 Å². The van der Waals surface area contributed by atoms with Crippen LogP contribution in [0.1, 0.15) is 29.3 Å². The molecule has 194 valence electrons. The number of nitrogens with zero attached hydrogens (tertiary/aromatic N) is 2. The Morgan fingerprint density at radius 1 is 1.22 bits per heavy atom. The molecule has 2 aromatic carbocycles. The van der Waals surface area contributed by atoms with Crippen LogP contribution in [0.3, 0.4) is 0 Å². The van der Waals surface area contributed by atoms with E-state index in [1.54, 1.807) is 24.3 Å². The van der Waals surface area contributed by atoms with Crippen LogP contribution in [0, 0.1) is 6.92 Å². The minimum Gasteiger partial charge on any atom is -0.325 e. The second kappa shape index (κ2) is 11.2. The lowest BCUT2D eigenvalue weighted by atomic mass is 10.1. The molecule has 0 spiro atoms. The molecule has 0 aliphatic rings. The molecule has 0 aliphatic heterocycles. The Balaban J connectivity index is 1.70. The van der Waals surface area contributed by atoms with Crippen LogP contribution >= 0.6 is 50.6 Å². The van der Waals surface area contributed by atoms with Gasteiger partial charge in [-0.15, -0.1) is 11.3 Å². The Labute approximate surface area is 232 Å². The lowest BCUT2D eigenvalue weighted by Gasteiger charge is -2.15. The number of thioether (sulfide) groups is 1. The summed E-state index contributed by atoms with van der Waals surface area (Å²) in [5, 5.41) is 3.60. The SMILES string of the molecule is CCCc1sc2nc(SCC(=O)Nc3ccc(Br)cc3C(F)(F)F)n(-c3ccc(Cl)cc3)c(=O)c2c1C. The van der Waals surface area contributed by atoms with Crippen LogP contribution in [0.5, 0.6) is 0 Å². The van der Waals surface area contributed by atoms with E-state index in [4.69, 9.17) is 16.6 Å². The van der Waals surface area contributed by atoms with E-state index in [0.29, 0.717) is 20.9 Å². The molecular weight excluding hydrogens is 611 g/mol. The molecular formula is C25H20BrClF3N3O2S2. The lowest BCUT2D eigenvalue weighted by Crippen LogP contribution is -2.23. The van der Waals surface area contributed by atoms with Crippen LogP contribution in [0.2, 0.25) is 5.02 Å². The average Bonchev–Trinajstić information content (AvgIpc) is 3.14. The summed E-state index contributed by atoms with van der Waals surface area (Å²) in [4.78, 5) is 32.7. The first kappa shape index (κ1) is 27.7. The van der Waals surface area contributed by atoms with E-state index >= 15 is 0 Å². The number of aryl methyl sites for hydroxylation is 2. The van der Waals surface area contributed by atoms with Crippen molar-refractivity contribution in [3.05, 3.63) is 78.3 Å². The van der Waals surface area contributed by atoms with E-state index in [-0.39, 0.29) is 26.6 Å². The number of carbonyl (C=O) groups excluding carboxylic acids is 1. The maximum Gasteiger partial charge on any atom is 0.418 e. The fraction of sp³-hybridized carbons (Fsp3) is 0.240. The highest BCUT2D eigenvalue weighted by atomic mass is 79.9. The summed E-state index contributed by atoms with van der Waals surface area (Å²) in [5.74, 6) is -0.922. The number of halogens is 5. The molecule has 4 rings (SSSR count). The maximum atomic E-state index is 13.6. The number of nitrogens with one attached hydrogen (secondary N) is 1. The van der Waals surface area contributed by atoms with E-state index in [0.717, 1.165) is 41.1 Å². The molecule has 4 aromatic rings. The first-order chi connectivity index (χ1) is 17.5. The van der Waals surface area contributed by atoms with Crippen LogP contribution in [0.25, 0.3) is 15.9 Å². The molecule has 0 saturated carbocycles. The number of fused-ring (bicyclic) bond motifs is 1. The molecule has 5 nitrogen and oxygen atoms in total. The van der Waals surface area contributed by atoms with Gasteiger partial charge in [-0.05, 0) is 61.4 Å². The number of anilines is 1. The molecule has 0 atom stereocenters. The number of carbonyl (C=O) groups is 1. The molecule has 0 radical (unpaired) electrons. The first-order valence-electron chi connectivity index (χ1n) is 11.1. The Hall–Kier alpha value is -2.34. The zero-order valence-corrected chi connectivity index (χ0v) is 23.6. The van der Waals surface area contributed by atoms with Gasteiger partial charge in [0.05, 0.1) is 28.1 Å². The largest absolute Gasteiger partial charge is 0.418 e. The third kappa shape index (κ3) is 6.05. The van der Waals surface area contributed by atoms with Gasteiger partial charge >= 0.3 is 6.18 Å². The minimum atomic E-state index is -4.64. The van der Waals surface area contributed by atoms with Crippen molar-refractivity contribution in [2.24, 2.45) is 0 Å². The van der Waals surface area contributed by atoms with Crippen molar-refractivity contribution in [1.29, 1.82) is 0 Å². The van der Waals surface area contributed by atoms with Gasteiger partial charge in [-0.1, -0.05) is 52.6 Å². The molecule has 2 heterocycles. The highest BCUT2D eigenvalue weighted by Gasteiger charge is 2.34. The fourth-order valence-corrected chi connectivity index (χ4v) is 6.39. The summed E-state index contributed by atoms with van der Waals surface area (Å²) >= 11 is 11.5. The van der Waals surface area contributed by atoms with Crippen LogP contribution in [-0.2, 0) is 17.4 Å². The Kier molecular flexibility index (Phi) is 8.37. The number of aromatic nitrogens is 2. The van der Waals surface area contributed by atoms with Crippen LogP contribution in [-0.4, -0.2) is 21.2 Å². The van der Waals surface area contributed by atoms with Crippen molar-refractivity contribution < 1.29 is 18.0 Å². The highest BCUT2D eigenvalue weighted by Crippen LogP contribution is 2.37. The summed E-state index contributed by atoms with van der Waals surface area (Å²) in [5.41, 5.74) is -0.195. The van der Waals surface area contributed by atoms with Gasteiger partial charge in [0.2, 0.25) is 5.91 Å². The summed E-state index contributed by atoms with van der Waals surface area (Å²) < 4.78 is 42.0. The number of hydrogen-bond donors (Lipinski definition) is 1. The number of rotatable bonds is 7. The van der Waals surface area contributed by atoms with E-state index in [1.165, 1.54) is 28.0 Å². The molecule has 12 heteroatoms. The molecule has 0 fully saturated rings. The number of benzene rings is 2. The third-order valence-corrected chi connectivity index (χ3v) is 8.42. The van der Waals surface area contributed by atoms with Crippen molar-refractivity contribution in [1.82, 2.24) is 9.55 Å². The maximum absolute atomic E-state index is 13.6. The summed E-state index contributed by atoms with van der Waals surface area (Å²) in [7, 11) is 0. The van der Waals surface area contributed by atoms with Gasteiger partial charge in [-0.3, -0.25) is 14.2 Å². The minimum absolute atomic E-state index is 0.241. The van der Waals surface area contributed by atoms with Crippen molar-refractivity contribution >= 4 is 72.4 Å². The molecule has 0 unspecified atom stereocenters. The van der Waals surface area contributed by atoms with Gasteiger partial charge in [0.25, 0.3) is 5.56 Å². The van der Waals surface area contributed by atoms with Crippen molar-refractivity contribution in [3.63, 3.8) is 0 Å². The highest BCUT2D eigenvalue weighted by molar-refractivity contribution is 9.10. The third-order valence-electron chi connectivity index (χ3n) is 5.49. The van der Waals surface area contributed by atoms with Gasteiger partial charge in [-0.25, -0.2) is 4.98 Å². The lowest BCUT2D eigenvalue weighted by molar-refractivity contribution is -0.137. The predicted octanol–water partition coefficient (Wildman–Crippen LogP) is 7.87. The smallest absolute Gasteiger partial charge is 0.325 e. The Morgan fingerprint density at radius 3 is 2.57 bits per heavy atom. The zero-order valence-electron chi connectivity index (χ0n) is 19.6. The Morgan fingerprint density at radius 2 is 1.92 bits per heavy atom. The van der Waals surface area contributed by atoms with Crippen LogP contribution in [0.15, 0.2) is 56.9 Å². The summed E-state index contributed by atoms with van der Waals surface area (Å²) in [6.07, 6.45) is -2.92. The van der Waals surface area contributed by atoms with E-state index in [9.17, 15) is 22.8 Å². The van der Waals surface area contributed by atoms with Gasteiger partial charge < -0.3 is 5.32 Å². The standard InChI is InChI=1S/C25H20BrClF3N3O2S2/c1-3-4-19-13(2)21-22(37-19)32-24(33(23(21)35)16-8-6-15(27)7-9-16)36-12-20(34)31-18-10-5-14(26)11-17(18)25(28,29)30/h5-11H,3-4,12H2,1-2H3,(H,31,34). The number of hydrogen-bond acceptors (Lipinski definition) is 5. The molecule has 0 bridgehead atoms.